The van der Waals surface area contributed by atoms with Crippen LogP contribution in [0.5, 0.6) is 0 Å². The van der Waals surface area contributed by atoms with Gasteiger partial charge in [0.1, 0.15) is 0 Å². The van der Waals surface area contributed by atoms with Gasteiger partial charge in [-0.25, -0.2) is 0 Å². The molecular formula is C16H10. The van der Waals surface area contributed by atoms with Gasteiger partial charge in [0.2, 0.25) is 0 Å². The van der Waals surface area contributed by atoms with E-state index in [0.29, 0.717) is 0 Å². The van der Waals surface area contributed by atoms with Crippen molar-refractivity contribution in [3.8, 4) is 0 Å². The molecule has 74 valence electrons. The van der Waals surface area contributed by atoms with E-state index in [2.05, 4.69) is 66.8 Å². The molecular weight excluding hydrogens is 192 g/mol. The molecule has 2 aromatic rings. The Morgan fingerprint density at radius 2 is 1.62 bits per heavy atom. The second kappa shape index (κ2) is 3.72. The molecule has 1 aliphatic carbocycles. The van der Waals surface area contributed by atoms with Crippen LogP contribution in [0.15, 0.2) is 48.6 Å². The maximum atomic E-state index is 3.20. The zero-order valence-corrected chi connectivity index (χ0v) is 8.77. The molecule has 0 saturated carbocycles. The molecule has 0 aliphatic heterocycles. The minimum Gasteiger partial charge on any atom is -0.0695 e. The third kappa shape index (κ3) is 1.43. The highest BCUT2D eigenvalue weighted by molar-refractivity contribution is 5.48. The Kier molecular flexibility index (Phi) is 2.09. The summed E-state index contributed by atoms with van der Waals surface area (Å²) in [5.41, 5.74) is 0. The van der Waals surface area contributed by atoms with Gasteiger partial charge in [-0.15, -0.1) is 0 Å². The van der Waals surface area contributed by atoms with Gasteiger partial charge in [0.05, 0.1) is 0 Å². The molecule has 0 fully saturated rings. The number of benzene rings is 1. The Hall–Kier alpha value is -2.26. The molecule has 0 aromatic heterocycles. The summed E-state index contributed by atoms with van der Waals surface area (Å²) in [5.74, 6) is 0. The lowest BCUT2D eigenvalue weighted by atomic mass is 10.1. The molecule has 0 amide bonds. The van der Waals surface area contributed by atoms with Crippen LogP contribution in [0.3, 0.4) is 0 Å². The topological polar surface area (TPSA) is 0 Å². The van der Waals surface area contributed by atoms with Gasteiger partial charge in [-0.1, -0.05) is 60.7 Å². The summed E-state index contributed by atoms with van der Waals surface area (Å²) >= 11 is 0. The summed E-state index contributed by atoms with van der Waals surface area (Å²) in [6.45, 7) is 0. The summed E-state index contributed by atoms with van der Waals surface area (Å²) in [7, 11) is 0. The number of fused-ring (bicyclic) bond motifs is 2. The van der Waals surface area contributed by atoms with Crippen molar-refractivity contribution < 1.29 is 0 Å². The summed E-state index contributed by atoms with van der Waals surface area (Å²) in [5, 5.41) is 4.76. The van der Waals surface area contributed by atoms with E-state index in [1.165, 1.54) is 15.7 Å². The first-order chi connectivity index (χ1) is 7.95. The van der Waals surface area contributed by atoms with E-state index in [0.717, 1.165) is 5.22 Å². The van der Waals surface area contributed by atoms with Crippen molar-refractivity contribution >= 4 is 12.2 Å². The van der Waals surface area contributed by atoms with Crippen LogP contribution >= 0.6 is 0 Å². The Bertz CT molecular complexity index is 684. The Morgan fingerprint density at radius 3 is 2.56 bits per heavy atom. The van der Waals surface area contributed by atoms with Crippen molar-refractivity contribution in [1.29, 1.82) is 0 Å². The number of rotatable bonds is 0. The zero-order chi connectivity index (χ0) is 10.8. The van der Waals surface area contributed by atoms with Gasteiger partial charge in [-0.2, -0.15) is 0 Å². The van der Waals surface area contributed by atoms with Crippen LogP contribution in [0, 0.1) is 22.6 Å². The highest BCUT2D eigenvalue weighted by atomic mass is 13.9. The maximum Gasteiger partial charge on any atom is 0.0399 e. The molecule has 0 radical (unpaired) electrons. The van der Waals surface area contributed by atoms with Crippen molar-refractivity contribution in [3.63, 3.8) is 0 Å². The van der Waals surface area contributed by atoms with Crippen LogP contribution in [-0.4, -0.2) is 0 Å². The van der Waals surface area contributed by atoms with E-state index in [1.54, 1.807) is 0 Å². The molecule has 2 aromatic carbocycles. The van der Waals surface area contributed by atoms with Gasteiger partial charge < -0.3 is 0 Å². The molecule has 0 heterocycles. The number of allylic oxidation sites excluding steroid dienone is 2. The second-order valence-electron chi connectivity index (χ2n) is 3.74. The van der Waals surface area contributed by atoms with Crippen molar-refractivity contribution in [2.24, 2.45) is 0 Å². The van der Waals surface area contributed by atoms with Gasteiger partial charge in [0, 0.05) is 5.22 Å². The Morgan fingerprint density at radius 1 is 0.812 bits per heavy atom. The molecule has 3 rings (SSSR count). The molecule has 0 nitrogen and oxygen atoms in total. The molecule has 0 bridgehead atoms. The fourth-order valence-electron chi connectivity index (χ4n) is 1.95. The molecule has 0 spiro atoms. The lowest BCUT2D eigenvalue weighted by Gasteiger charge is -1.93. The third-order valence-corrected chi connectivity index (χ3v) is 2.72. The molecule has 0 heteroatoms. The van der Waals surface area contributed by atoms with Crippen LogP contribution in [-0.2, 0) is 0 Å². The minimum atomic E-state index is 1.12. The number of hydrogen-bond acceptors (Lipinski definition) is 0. The maximum absolute atomic E-state index is 3.20. The summed E-state index contributed by atoms with van der Waals surface area (Å²) in [6.07, 6.45) is 8.35. The molecule has 0 saturated heterocycles. The SMILES string of the molecule is c1ccc2/c(c#1)=c1/cccc/c1=C/C=C\C=2. The zero-order valence-electron chi connectivity index (χ0n) is 8.77. The van der Waals surface area contributed by atoms with Crippen LogP contribution in [0.25, 0.3) is 12.2 Å². The second-order valence-corrected chi connectivity index (χ2v) is 3.74. The number of hydrogen-bond donors (Lipinski definition) is 0. The van der Waals surface area contributed by atoms with Gasteiger partial charge in [0.25, 0.3) is 0 Å². The van der Waals surface area contributed by atoms with E-state index >= 15 is 0 Å². The van der Waals surface area contributed by atoms with Crippen LogP contribution in [0.2, 0.25) is 0 Å². The van der Waals surface area contributed by atoms with E-state index < -0.39 is 0 Å². The first kappa shape index (κ1) is 9.00. The third-order valence-electron chi connectivity index (χ3n) is 2.72. The lowest BCUT2D eigenvalue weighted by molar-refractivity contribution is 1.41. The quantitative estimate of drug-likeness (QED) is 0.610. The summed E-state index contributed by atoms with van der Waals surface area (Å²) < 4.78 is 0. The Balaban J connectivity index is 2.74. The van der Waals surface area contributed by atoms with Crippen molar-refractivity contribution in [2.45, 2.75) is 0 Å². The van der Waals surface area contributed by atoms with Gasteiger partial charge >= 0.3 is 0 Å². The molecule has 1 aliphatic rings. The van der Waals surface area contributed by atoms with Crippen molar-refractivity contribution in [1.82, 2.24) is 0 Å². The fourth-order valence-corrected chi connectivity index (χ4v) is 1.95. The first-order valence-corrected chi connectivity index (χ1v) is 5.32. The standard InChI is InChI=1S/C16H10/c1-2-8-14-10-4-6-12-16(14)15-11-5-3-9-13(15)7-1/h1-5,7-11H/b2-1-,7-1?,8-2?,13-7-,14-8-,16-15-. The van der Waals surface area contributed by atoms with E-state index in [9.17, 15) is 0 Å². The van der Waals surface area contributed by atoms with E-state index in [4.69, 9.17) is 0 Å². The summed E-state index contributed by atoms with van der Waals surface area (Å²) in [4.78, 5) is 0. The van der Waals surface area contributed by atoms with Crippen LogP contribution in [0.4, 0.5) is 0 Å². The molecule has 0 unspecified atom stereocenters. The highest BCUT2D eigenvalue weighted by Crippen LogP contribution is 1.90. The van der Waals surface area contributed by atoms with Gasteiger partial charge in [-0.05, 0) is 27.8 Å². The largest absolute Gasteiger partial charge is 0.0695 e. The van der Waals surface area contributed by atoms with Crippen molar-refractivity contribution in [2.75, 3.05) is 0 Å². The molecule has 16 heavy (non-hydrogen) atoms. The molecule has 0 atom stereocenters. The highest BCUT2D eigenvalue weighted by Gasteiger charge is 1.89. The monoisotopic (exact) mass is 202 g/mol. The Labute approximate surface area is 94.2 Å². The van der Waals surface area contributed by atoms with Crippen LogP contribution < -0.4 is 10.4 Å². The predicted molar refractivity (Wildman–Crippen MR) is 65.5 cm³/mol. The normalized spacial score (nSPS) is 20.5. The lowest BCUT2D eigenvalue weighted by Crippen LogP contribution is -2.09. The molecule has 0 N–H and O–H groups in total. The average Bonchev–Trinajstić information content (AvgIpc) is 2.33. The first-order valence-electron chi connectivity index (χ1n) is 5.32. The minimum absolute atomic E-state index is 1.12. The summed E-state index contributed by atoms with van der Waals surface area (Å²) in [6, 6.07) is 18.6. The van der Waals surface area contributed by atoms with Crippen LogP contribution in [0.1, 0.15) is 0 Å². The van der Waals surface area contributed by atoms with Gasteiger partial charge in [-0.3, -0.25) is 0 Å². The average molecular weight is 202 g/mol. The van der Waals surface area contributed by atoms with Gasteiger partial charge in [0.15, 0.2) is 0 Å². The predicted octanol–water partition coefficient (Wildman–Crippen LogP) is 1.70. The van der Waals surface area contributed by atoms with Crippen molar-refractivity contribution in [3.05, 3.63) is 81.6 Å². The smallest absolute Gasteiger partial charge is 0.0399 e. The fraction of sp³-hybridized carbons (Fsp3) is 0. The van der Waals surface area contributed by atoms with E-state index in [-0.39, 0.29) is 0 Å². The van der Waals surface area contributed by atoms with E-state index in [1.807, 2.05) is 6.07 Å².